The maximum Gasteiger partial charge on any atom is 0.273 e. The first-order valence-electron chi connectivity index (χ1n) is 6.16. The van der Waals surface area contributed by atoms with Gasteiger partial charge in [-0.15, -0.1) is 0 Å². The van der Waals surface area contributed by atoms with Gasteiger partial charge in [0.2, 0.25) is 0 Å². The molecule has 108 valence electrons. The number of hydrogen-bond donors (Lipinski definition) is 3. The lowest BCUT2D eigenvalue weighted by Crippen LogP contribution is -2.19. The van der Waals surface area contributed by atoms with Crippen molar-refractivity contribution in [2.24, 2.45) is 5.10 Å². The average Bonchev–Trinajstić information content (AvgIpc) is 2.50. The van der Waals surface area contributed by atoms with Crippen molar-refractivity contribution in [2.75, 3.05) is 12.8 Å². The Morgan fingerprint density at radius 3 is 2.67 bits per heavy atom. The maximum absolute atomic E-state index is 11.9. The van der Waals surface area contributed by atoms with Crippen LogP contribution in [-0.4, -0.2) is 24.3 Å². The van der Waals surface area contributed by atoms with E-state index in [1.807, 2.05) is 0 Å². The third-order valence-electron chi connectivity index (χ3n) is 2.82. The molecule has 0 radical (unpaired) electrons. The molecule has 1 amide bonds. The van der Waals surface area contributed by atoms with Gasteiger partial charge in [0, 0.05) is 0 Å². The summed E-state index contributed by atoms with van der Waals surface area (Å²) < 4.78 is 5.04. The van der Waals surface area contributed by atoms with Crippen LogP contribution in [0.15, 0.2) is 47.6 Å². The minimum atomic E-state index is -0.492. The molecule has 0 fully saturated rings. The molecule has 0 aliphatic heterocycles. The zero-order chi connectivity index (χ0) is 15.2. The molecule has 0 aromatic heterocycles. The minimum absolute atomic E-state index is 0.0228. The summed E-state index contributed by atoms with van der Waals surface area (Å²) in [4.78, 5) is 11.9. The van der Waals surface area contributed by atoms with Crippen LogP contribution in [0.2, 0.25) is 0 Å². The second kappa shape index (κ2) is 6.42. The number of nitrogen functional groups attached to an aromatic ring is 1. The van der Waals surface area contributed by atoms with E-state index in [0.29, 0.717) is 0 Å². The molecule has 0 heterocycles. The molecule has 0 spiro atoms. The Labute approximate surface area is 121 Å². The number of rotatable bonds is 4. The minimum Gasteiger partial charge on any atom is -0.506 e. The van der Waals surface area contributed by atoms with Gasteiger partial charge in [0.15, 0.2) is 0 Å². The van der Waals surface area contributed by atoms with Crippen LogP contribution in [0.4, 0.5) is 5.69 Å². The summed E-state index contributed by atoms with van der Waals surface area (Å²) in [5.41, 5.74) is 8.97. The Kier molecular flexibility index (Phi) is 4.40. The molecule has 0 aliphatic rings. The lowest BCUT2D eigenvalue weighted by atomic mass is 10.1. The maximum atomic E-state index is 11.9. The van der Waals surface area contributed by atoms with E-state index in [4.69, 9.17) is 10.5 Å². The summed E-state index contributed by atoms with van der Waals surface area (Å²) in [5, 5.41) is 13.3. The van der Waals surface area contributed by atoms with Gasteiger partial charge in [0.25, 0.3) is 5.91 Å². The first-order chi connectivity index (χ1) is 10.1. The molecule has 0 aliphatic carbocycles. The van der Waals surface area contributed by atoms with Crippen LogP contribution < -0.4 is 15.9 Å². The van der Waals surface area contributed by atoms with E-state index < -0.39 is 5.91 Å². The van der Waals surface area contributed by atoms with Crippen molar-refractivity contribution in [3.8, 4) is 11.5 Å². The number of anilines is 1. The molecule has 0 unspecified atom stereocenters. The average molecular weight is 285 g/mol. The summed E-state index contributed by atoms with van der Waals surface area (Å²) in [6.07, 6.45) is 1.50. The molecule has 0 bridgehead atoms. The molecule has 21 heavy (non-hydrogen) atoms. The van der Waals surface area contributed by atoms with Gasteiger partial charge in [-0.25, -0.2) is 5.43 Å². The number of ether oxygens (including phenoxy) is 1. The summed E-state index contributed by atoms with van der Waals surface area (Å²) in [6, 6.07) is 11.6. The number of phenolic OH excluding ortho intramolecular Hbond substituents is 1. The van der Waals surface area contributed by atoms with Crippen molar-refractivity contribution in [1.29, 1.82) is 0 Å². The number of amides is 1. The number of hydrazone groups is 1. The molecule has 2 aromatic rings. The number of aromatic hydroxyl groups is 1. The van der Waals surface area contributed by atoms with E-state index in [-0.39, 0.29) is 17.0 Å². The Hall–Kier alpha value is -3.02. The quantitative estimate of drug-likeness (QED) is 0.345. The Morgan fingerprint density at radius 2 is 2.00 bits per heavy atom. The predicted octanol–water partition coefficient (Wildman–Crippen LogP) is 1.75. The standard InChI is InChI=1S/C15H15N3O3/c1-21-11-7-5-10(6-8-11)9-17-18-15(20)12-3-2-4-13(19)14(12)16/h2-9,19H,16H2,1H3,(H,18,20)/b17-9+. The number of hydrogen-bond acceptors (Lipinski definition) is 5. The van der Waals surface area contributed by atoms with Gasteiger partial charge in [-0.1, -0.05) is 6.07 Å². The smallest absolute Gasteiger partial charge is 0.273 e. The van der Waals surface area contributed by atoms with Crippen molar-refractivity contribution in [2.45, 2.75) is 0 Å². The topological polar surface area (TPSA) is 96.9 Å². The zero-order valence-corrected chi connectivity index (χ0v) is 11.4. The monoisotopic (exact) mass is 285 g/mol. The highest BCUT2D eigenvalue weighted by Gasteiger charge is 2.10. The van der Waals surface area contributed by atoms with Crippen LogP contribution in [0.5, 0.6) is 11.5 Å². The molecular formula is C15H15N3O3. The molecule has 2 aromatic carbocycles. The number of para-hydroxylation sites is 1. The molecule has 0 saturated heterocycles. The third-order valence-corrected chi connectivity index (χ3v) is 2.82. The second-order valence-corrected chi connectivity index (χ2v) is 4.21. The highest BCUT2D eigenvalue weighted by Crippen LogP contribution is 2.23. The molecular weight excluding hydrogens is 270 g/mol. The van der Waals surface area contributed by atoms with Crippen molar-refractivity contribution >= 4 is 17.8 Å². The van der Waals surface area contributed by atoms with E-state index >= 15 is 0 Å². The number of carbonyl (C=O) groups is 1. The summed E-state index contributed by atoms with van der Waals surface area (Å²) in [5.74, 6) is 0.110. The summed E-state index contributed by atoms with van der Waals surface area (Å²) >= 11 is 0. The third kappa shape index (κ3) is 3.50. The van der Waals surface area contributed by atoms with Gasteiger partial charge >= 0.3 is 0 Å². The van der Waals surface area contributed by atoms with Gasteiger partial charge in [-0.05, 0) is 42.0 Å². The van der Waals surface area contributed by atoms with Crippen LogP contribution >= 0.6 is 0 Å². The fraction of sp³-hybridized carbons (Fsp3) is 0.0667. The van der Waals surface area contributed by atoms with Crippen molar-refractivity contribution < 1.29 is 14.6 Å². The first kappa shape index (κ1) is 14.4. The highest BCUT2D eigenvalue weighted by atomic mass is 16.5. The van der Waals surface area contributed by atoms with Gasteiger partial charge in [0.1, 0.15) is 11.5 Å². The van der Waals surface area contributed by atoms with Gasteiger partial charge < -0.3 is 15.6 Å². The van der Waals surface area contributed by atoms with Crippen LogP contribution in [0.3, 0.4) is 0 Å². The number of benzene rings is 2. The fourth-order valence-corrected chi connectivity index (χ4v) is 1.67. The number of carbonyl (C=O) groups excluding carboxylic acids is 1. The summed E-state index contributed by atoms with van der Waals surface area (Å²) in [7, 11) is 1.59. The Bertz CT molecular complexity index is 666. The van der Waals surface area contributed by atoms with E-state index in [2.05, 4.69) is 10.5 Å². The van der Waals surface area contributed by atoms with Crippen molar-refractivity contribution in [3.63, 3.8) is 0 Å². The van der Waals surface area contributed by atoms with Gasteiger partial charge in [-0.3, -0.25) is 4.79 Å². The van der Waals surface area contributed by atoms with E-state index in [9.17, 15) is 9.90 Å². The lowest BCUT2D eigenvalue weighted by Gasteiger charge is -2.05. The van der Waals surface area contributed by atoms with Gasteiger partial charge in [-0.2, -0.15) is 5.10 Å². The Morgan fingerprint density at radius 1 is 1.29 bits per heavy atom. The molecule has 6 nitrogen and oxygen atoms in total. The largest absolute Gasteiger partial charge is 0.506 e. The van der Waals surface area contributed by atoms with Crippen LogP contribution in [-0.2, 0) is 0 Å². The SMILES string of the molecule is COc1ccc(/C=N/NC(=O)c2cccc(O)c2N)cc1. The predicted molar refractivity (Wildman–Crippen MR) is 80.6 cm³/mol. The van der Waals surface area contributed by atoms with Crippen LogP contribution in [0.25, 0.3) is 0 Å². The first-order valence-corrected chi connectivity index (χ1v) is 6.16. The lowest BCUT2D eigenvalue weighted by molar-refractivity contribution is 0.0955. The highest BCUT2D eigenvalue weighted by molar-refractivity contribution is 6.00. The van der Waals surface area contributed by atoms with Gasteiger partial charge in [0.05, 0.1) is 24.6 Å². The number of nitrogens with zero attached hydrogens (tertiary/aromatic N) is 1. The zero-order valence-electron chi connectivity index (χ0n) is 11.4. The fourth-order valence-electron chi connectivity index (χ4n) is 1.67. The summed E-state index contributed by atoms with van der Waals surface area (Å²) in [6.45, 7) is 0. The molecule has 2 rings (SSSR count). The molecule has 4 N–H and O–H groups in total. The van der Waals surface area contributed by atoms with Crippen LogP contribution in [0.1, 0.15) is 15.9 Å². The van der Waals surface area contributed by atoms with E-state index in [1.165, 1.54) is 24.4 Å². The number of nitrogens with two attached hydrogens (primary N) is 1. The second-order valence-electron chi connectivity index (χ2n) is 4.21. The molecule has 6 heteroatoms. The number of phenols is 1. The Balaban J connectivity index is 2.03. The number of nitrogens with one attached hydrogen (secondary N) is 1. The normalized spacial score (nSPS) is 10.5. The van der Waals surface area contributed by atoms with E-state index in [1.54, 1.807) is 31.4 Å². The van der Waals surface area contributed by atoms with Crippen LogP contribution in [0, 0.1) is 0 Å². The number of methoxy groups -OCH3 is 1. The van der Waals surface area contributed by atoms with Crippen molar-refractivity contribution in [3.05, 3.63) is 53.6 Å². The molecule has 0 atom stereocenters. The molecule has 0 saturated carbocycles. The van der Waals surface area contributed by atoms with Crippen molar-refractivity contribution in [1.82, 2.24) is 5.43 Å². The van der Waals surface area contributed by atoms with E-state index in [0.717, 1.165) is 11.3 Å².